The standard InChI is InChI=1S/C22H18BrN3O3/c23-15-6-8-19-16(13-15)20(27)25-22(29-19)9-11-26(12-10-22)21(28)18-7-5-14-3-1-2-4-17(14)24-18/h1-8,13H,9-12H2,(H,25,27). The molecular formula is C22H18BrN3O3. The molecule has 2 aliphatic rings. The molecule has 2 amide bonds. The molecule has 0 radical (unpaired) electrons. The predicted molar refractivity (Wildman–Crippen MR) is 112 cm³/mol. The van der Waals surface area contributed by atoms with Crippen molar-refractivity contribution in [1.29, 1.82) is 0 Å². The van der Waals surface area contributed by atoms with Gasteiger partial charge in [-0.2, -0.15) is 0 Å². The van der Waals surface area contributed by atoms with Gasteiger partial charge in [0.1, 0.15) is 11.4 Å². The van der Waals surface area contributed by atoms with E-state index in [9.17, 15) is 9.59 Å². The van der Waals surface area contributed by atoms with Crippen molar-refractivity contribution in [3.63, 3.8) is 0 Å². The highest BCUT2D eigenvalue weighted by molar-refractivity contribution is 9.10. The fourth-order valence-corrected chi connectivity index (χ4v) is 4.29. The third kappa shape index (κ3) is 3.25. The maximum atomic E-state index is 12.9. The largest absolute Gasteiger partial charge is 0.467 e. The summed E-state index contributed by atoms with van der Waals surface area (Å²) in [5.74, 6) is 0.327. The normalized spacial score (nSPS) is 17.6. The highest BCUT2D eigenvalue weighted by Crippen LogP contribution is 2.35. The number of halogens is 1. The van der Waals surface area contributed by atoms with Crippen molar-refractivity contribution in [3.05, 3.63) is 70.3 Å². The van der Waals surface area contributed by atoms with Crippen LogP contribution < -0.4 is 10.1 Å². The van der Waals surface area contributed by atoms with Crippen LogP contribution >= 0.6 is 15.9 Å². The number of fused-ring (bicyclic) bond motifs is 2. The molecule has 3 heterocycles. The van der Waals surface area contributed by atoms with Gasteiger partial charge in [-0.25, -0.2) is 4.98 Å². The molecule has 7 heteroatoms. The van der Waals surface area contributed by atoms with Gasteiger partial charge in [-0.05, 0) is 30.3 Å². The Hall–Kier alpha value is -2.93. The number of nitrogens with one attached hydrogen (secondary N) is 1. The first-order valence-electron chi connectivity index (χ1n) is 9.49. The monoisotopic (exact) mass is 451 g/mol. The summed E-state index contributed by atoms with van der Waals surface area (Å²) >= 11 is 3.38. The third-order valence-corrected chi connectivity index (χ3v) is 6.00. The zero-order chi connectivity index (χ0) is 20.0. The summed E-state index contributed by atoms with van der Waals surface area (Å²) in [6, 6.07) is 16.8. The van der Waals surface area contributed by atoms with E-state index in [0.29, 0.717) is 42.9 Å². The lowest BCUT2D eigenvalue weighted by Crippen LogP contribution is -2.61. The van der Waals surface area contributed by atoms with Crippen LogP contribution in [0.5, 0.6) is 5.75 Å². The van der Waals surface area contributed by atoms with Gasteiger partial charge in [0.2, 0.25) is 0 Å². The van der Waals surface area contributed by atoms with Gasteiger partial charge >= 0.3 is 0 Å². The number of amides is 2. The number of ether oxygens (including phenoxy) is 1. The number of para-hydroxylation sites is 1. The van der Waals surface area contributed by atoms with Crippen molar-refractivity contribution in [2.75, 3.05) is 13.1 Å². The second-order valence-corrected chi connectivity index (χ2v) is 8.29. The summed E-state index contributed by atoms with van der Waals surface area (Å²) in [7, 11) is 0. The Kier molecular flexibility index (Phi) is 4.28. The molecule has 1 aromatic heterocycles. The molecule has 0 atom stereocenters. The lowest BCUT2D eigenvalue weighted by Gasteiger charge is -2.44. The van der Waals surface area contributed by atoms with Crippen LogP contribution in [0.4, 0.5) is 0 Å². The van der Waals surface area contributed by atoms with Crippen LogP contribution in [0.2, 0.25) is 0 Å². The van der Waals surface area contributed by atoms with Gasteiger partial charge in [0.05, 0.1) is 11.1 Å². The smallest absolute Gasteiger partial charge is 0.272 e. The minimum atomic E-state index is -0.772. The molecule has 0 unspecified atom stereocenters. The summed E-state index contributed by atoms with van der Waals surface area (Å²) in [6.07, 6.45) is 1.04. The SMILES string of the molecule is O=C1NC2(CCN(C(=O)c3ccc4ccccc4n3)CC2)Oc2ccc(Br)cc21. The van der Waals surface area contributed by atoms with Gasteiger partial charge in [-0.15, -0.1) is 0 Å². The summed E-state index contributed by atoms with van der Waals surface area (Å²) in [5, 5.41) is 4.01. The van der Waals surface area contributed by atoms with Gasteiger partial charge in [0.25, 0.3) is 11.8 Å². The van der Waals surface area contributed by atoms with E-state index in [0.717, 1.165) is 15.4 Å². The molecule has 6 nitrogen and oxygen atoms in total. The van der Waals surface area contributed by atoms with Gasteiger partial charge in [0, 0.05) is 35.8 Å². The quantitative estimate of drug-likeness (QED) is 0.611. The van der Waals surface area contributed by atoms with E-state index in [1.165, 1.54) is 0 Å². The average Bonchev–Trinajstić information content (AvgIpc) is 2.74. The van der Waals surface area contributed by atoms with Gasteiger partial charge in [-0.1, -0.05) is 40.2 Å². The fourth-order valence-electron chi connectivity index (χ4n) is 3.92. The minimum Gasteiger partial charge on any atom is -0.467 e. The van der Waals surface area contributed by atoms with Crippen LogP contribution in [-0.2, 0) is 0 Å². The fraction of sp³-hybridized carbons (Fsp3) is 0.227. The number of nitrogens with zero attached hydrogens (tertiary/aromatic N) is 2. The molecule has 146 valence electrons. The molecule has 2 aliphatic heterocycles. The number of hydrogen-bond donors (Lipinski definition) is 1. The molecule has 0 saturated carbocycles. The van der Waals surface area contributed by atoms with E-state index < -0.39 is 5.72 Å². The number of piperidine rings is 1. The van der Waals surface area contributed by atoms with Crippen molar-refractivity contribution >= 4 is 38.6 Å². The Balaban J connectivity index is 1.32. The van der Waals surface area contributed by atoms with Crippen molar-refractivity contribution in [2.45, 2.75) is 18.6 Å². The molecule has 1 fully saturated rings. The molecule has 0 aliphatic carbocycles. The molecule has 29 heavy (non-hydrogen) atoms. The van der Waals surface area contributed by atoms with E-state index in [1.54, 1.807) is 23.1 Å². The Morgan fingerprint density at radius 3 is 2.72 bits per heavy atom. The number of likely N-dealkylation sites (tertiary alicyclic amines) is 1. The number of hydrogen-bond acceptors (Lipinski definition) is 4. The van der Waals surface area contributed by atoms with Crippen molar-refractivity contribution in [3.8, 4) is 5.75 Å². The molecule has 5 rings (SSSR count). The second kappa shape index (κ2) is 6.84. The summed E-state index contributed by atoms with van der Waals surface area (Å²) in [6.45, 7) is 0.971. The number of benzene rings is 2. The highest BCUT2D eigenvalue weighted by Gasteiger charge is 2.43. The predicted octanol–water partition coefficient (Wildman–Crippen LogP) is 3.75. The second-order valence-electron chi connectivity index (χ2n) is 7.37. The summed E-state index contributed by atoms with van der Waals surface area (Å²) in [4.78, 5) is 31.8. The van der Waals surface area contributed by atoms with E-state index >= 15 is 0 Å². The zero-order valence-corrected chi connectivity index (χ0v) is 17.1. The van der Waals surface area contributed by atoms with Crippen LogP contribution in [0.25, 0.3) is 10.9 Å². The Labute approximate surface area is 176 Å². The Morgan fingerprint density at radius 1 is 1.10 bits per heavy atom. The number of carbonyl (C=O) groups excluding carboxylic acids is 2. The molecule has 1 N–H and O–H groups in total. The van der Waals surface area contributed by atoms with E-state index in [-0.39, 0.29) is 11.8 Å². The van der Waals surface area contributed by atoms with Crippen LogP contribution in [0.1, 0.15) is 33.7 Å². The molecule has 1 saturated heterocycles. The van der Waals surface area contributed by atoms with Gasteiger partial charge < -0.3 is 15.0 Å². The first-order valence-corrected chi connectivity index (χ1v) is 10.3. The maximum Gasteiger partial charge on any atom is 0.272 e. The molecule has 0 bridgehead atoms. The van der Waals surface area contributed by atoms with Crippen LogP contribution in [-0.4, -0.2) is 40.5 Å². The first-order chi connectivity index (χ1) is 14.0. The van der Waals surface area contributed by atoms with Crippen molar-refractivity contribution in [1.82, 2.24) is 15.2 Å². The topological polar surface area (TPSA) is 71.5 Å². The third-order valence-electron chi connectivity index (χ3n) is 5.51. The lowest BCUT2D eigenvalue weighted by atomic mass is 9.96. The molecule has 3 aromatic rings. The van der Waals surface area contributed by atoms with E-state index in [2.05, 4.69) is 26.2 Å². The van der Waals surface area contributed by atoms with Crippen molar-refractivity contribution < 1.29 is 14.3 Å². The number of carbonyl (C=O) groups is 2. The highest BCUT2D eigenvalue weighted by atomic mass is 79.9. The number of rotatable bonds is 1. The average molecular weight is 452 g/mol. The van der Waals surface area contributed by atoms with E-state index in [1.807, 2.05) is 36.4 Å². The lowest BCUT2D eigenvalue weighted by molar-refractivity contribution is -0.0246. The van der Waals surface area contributed by atoms with Crippen LogP contribution in [0, 0.1) is 0 Å². The van der Waals surface area contributed by atoms with Gasteiger partial charge in [-0.3, -0.25) is 9.59 Å². The molecule has 2 aromatic carbocycles. The number of pyridine rings is 1. The zero-order valence-electron chi connectivity index (χ0n) is 15.5. The Bertz CT molecular complexity index is 1140. The van der Waals surface area contributed by atoms with Gasteiger partial charge in [0.15, 0.2) is 5.72 Å². The summed E-state index contributed by atoms with van der Waals surface area (Å²) in [5.41, 5.74) is 0.982. The molecule has 1 spiro atoms. The number of aromatic nitrogens is 1. The maximum absolute atomic E-state index is 12.9. The van der Waals surface area contributed by atoms with Crippen LogP contribution in [0.15, 0.2) is 59.1 Å². The van der Waals surface area contributed by atoms with Crippen LogP contribution in [0.3, 0.4) is 0 Å². The van der Waals surface area contributed by atoms with Crippen molar-refractivity contribution in [2.24, 2.45) is 0 Å². The summed E-state index contributed by atoms with van der Waals surface area (Å²) < 4.78 is 7.00. The van der Waals surface area contributed by atoms with E-state index in [4.69, 9.17) is 4.74 Å². The first kappa shape index (κ1) is 18.1. The molecular weight excluding hydrogens is 434 g/mol. The minimum absolute atomic E-state index is 0.0999. The Morgan fingerprint density at radius 2 is 1.90 bits per heavy atom.